The second kappa shape index (κ2) is 8.59. The Hall–Kier alpha value is -1.71. The number of pyridine rings is 1. The Labute approximate surface area is 148 Å². The largest absolute Gasteiger partial charge is 0.354 e. The lowest BCUT2D eigenvalue weighted by Gasteiger charge is -2.35. The van der Waals surface area contributed by atoms with Crippen LogP contribution in [0.2, 0.25) is 0 Å². The number of piperazine rings is 1. The number of anilines is 1. The topological polar surface area (TPSA) is 103 Å². The Morgan fingerprint density at radius 2 is 2.00 bits per heavy atom. The molecule has 1 atom stereocenters. The van der Waals surface area contributed by atoms with Gasteiger partial charge in [-0.25, -0.2) is 18.9 Å². The maximum absolute atomic E-state index is 12.4. The van der Waals surface area contributed by atoms with Crippen LogP contribution in [-0.4, -0.2) is 60.3 Å². The first-order valence-electron chi connectivity index (χ1n) is 8.53. The molecule has 1 aromatic heterocycles. The highest BCUT2D eigenvalue weighted by atomic mass is 32.2. The van der Waals surface area contributed by atoms with E-state index in [-0.39, 0.29) is 13.1 Å². The molecule has 0 aromatic carbocycles. The van der Waals surface area contributed by atoms with Gasteiger partial charge in [0.15, 0.2) is 5.25 Å². The van der Waals surface area contributed by atoms with E-state index in [4.69, 9.17) is 5.21 Å². The summed E-state index contributed by atoms with van der Waals surface area (Å²) < 4.78 is 26.1. The minimum Gasteiger partial charge on any atom is -0.354 e. The number of unbranched alkanes of at least 4 members (excludes halogenated alkanes) is 1. The average Bonchev–Trinajstić information content (AvgIpc) is 2.65. The van der Waals surface area contributed by atoms with Crippen LogP contribution in [-0.2, 0) is 21.2 Å². The molecular weight excluding hydrogens is 344 g/mol. The van der Waals surface area contributed by atoms with Crippen LogP contribution in [0.4, 0.5) is 5.82 Å². The second-order valence-electron chi connectivity index (χ2n) is 6.18. The SMILES string of the molecule is CCCCc1ccc(N2CCN(S(=O)(=O)C(C)C(=O)NO)CC2)nc1. The molecular formula is C16H26N4O4S. The van der Waals surface area contributed by atoms with Gasteiger partial charge in [0.25, 0.3) is 5.91 Å². The highest BCUT2D eigenvalue weighted by Crippen LogP contribution is 2.18. The van der Waals surface area contributed by atoms with Crippen molar-refractivity contribution in [3.05, 3.63) is 23.9 Å². The Balaban J connectivity index is 1.96. The monoisotopic (exact) mass is 370 g/mol. The van der Waals surface area contributed by atoms with Gasteiger partial charge >= 0.3 is 0 Å². The molecule has 1 fully saturated rings. The number of carbonyl (C=O) groups is 1. The van der Waals surface area contributed by atoms with Crippen molar-refractivity contribution in [3.8, 4) is 0 Å². The minimum absolute atomic E-state index is 0.282. The number of hydroxylamine groups is 1. The Kier molecular flexibility index (Phi) is 6.74. The van der Waals surface area contributed by atoms with Crippen molar-refractivity contribution in [1.82, 2.24) is 14.8 Å². The number of rotatable bonds is 7. The smallest absolute Gasteiger partial charge is 0.262 e. The van der Waals surface area contributed by atoms with Gasteiger partial charge in [-0.05, 0) is 31.4 Å². The van der Waals surface area contributed by atoms with Gasteiger partial charge in [0, 0.05) is 32.4 Å². The molecule has 1 aliphatic heterocycles. The molecule has 0 radical (unpaired) electrons. The standard InChI is InChI=1S/C16H26N4O4S/c1-3-4-5-14-6-7-15(17-12-14)19-8-10-20(11-9-19)25(23,24)13(2)16(21)18-22/h6-7,12-13,22H,3-5,8-11H2,1-2H3,(H,18,21). The quantitative estimate of drug-likeness (QED) is 0.543. The highest BCUT2D eigenvalue weighted by Gasteiger charge is 2.35. The first-order valence-corrected chi connectivity index (χ1v) is 10.0. The molecule has 9 heteroatoms. The fraction of sp³-hybridized carbons (Fsp3) is 0.625. The summed E-state index contributed by atoms with van der Waals surface area (Å²) in [7, 11) is -3.78. The number of sulfonamides is 1. The fourth-order valence-electron chi connectivity index (χ4n) is 2.75. The molecule has 0 aliphatic carbocycles. The normalized spacial score (nSPS) is 17.3. The van der Waals surface area contributed by atoms with Gasteiger partial charge in [-0.2, -0.15) is 4.31 Å². The predicted molar refractivity (Wildman–Crippen MR) is 94.9 cm³/mol. The third kappa shape index (κ3) is 4.68. The van der Waals surface area contributed by atoms with Crippen LogP contribution in [0.1, 0.15) is 32.3 Å². The van der Waals surface area contributed by atoms with Crippen LogP contribution in [0.5, 0.6) is 0 Å². The van der Waals surface area contributed by atoms with E-state index < -0.39 is 21.2 Å². The van der Waals surface area contributed by atoms with Crippen molar-refractivity contribution < 1.29 is 18.4 Å². The summed E-state index contributed by atoms with van der Waals surface area (Å²) in [6.45, 7) is 5.00. The molecule has 1 aliphatic rings. The second-order valence-corrected chi connectivity index (χ2v) is 8.43. The van der Waals surface area contributed by atoms with E-state index in [0.717, 1.165) is 25.1 Å². The van der Waals surface area contributed by atoms with Crippen molar-refractivity contribution in [2.75, 3.05) is 31.1 Å². The Morgan fingerprint density at radius 3 is 2.52 bits per heavy atom. The zero-order valence-electron chi connectivity index (χ0n) is 14.7. The number of nitrogens with zero attached hydrogens (tertiary/aromatic N) is 3. The van der Waals surface area contributed by atoms with Gasteiger partial charge in [0.2, 0.25) is 10.0 Å². The number of nitrogens with one attached hydrogen (secondary N) is 1. The fourth-order valence-corrected chi connectivity index (χ4v) is 4.20. The van der Waals surface area contributed by atoms with E-state index >= 15 is 0 Å². The number of aryl methyl sites for hydroxylation is 1. The van der Waals surface area contributed by atoms with E-state index in [0.29, 0.717) is 13.1 Å². The van der Waals surface area contributed by atoms with Gasteiger partial charge in [-0.1, -0.05) is 19.4 Å². The van der Waals surface area contributed by atoms with Crippen LogP contribution >= 0.6 is 0 Å². The number of hydrogen-bond donors (Lipinski definition) is 2. The molecule has 1 aromatic rings. The zero-order valence-corrected chi connectivity index (χ0v) is 15.5. The molecule has 0 saturated carbocycles. The van der Waals surface area contributed by atoms with Gasteiger partial charge in [0.05, 0.1) is 0 Å². The molecule has 1 amide bonds. The van der Waals surface area contributed by atoms with E-state index in [1.165, 1.54) is 22.3 Å². The minimum atomic E-state index is -3.78. The summed E-state index contributed by atoms with van der Waals surface area (Å²) in [5.41, 5.74) is 2.60. The molecule has 1 saturated heterocycles. The lowest BCUT2D eigenvalue weighted by Crippen LogP contribution is -2.53. The van der Waals surface area contributed by atoms with E-state index in [1.54, 1.807) is 0 Å². The van der Waals surface area contributed by atoms with Crippen LogP contribution in [0.3, 0.4) is 0 Å². The number of aromatic nitrogens is 1. The first-order chi connectivity index (χ1) is 11.9. The zero-order chi connectivity index (χ0) is 18.4. The van der Waals surface area contributed by atoms with Crippen molar-refractivity contribution >= 4 is 21.7 Å². The van der Waals surface area contributed by atoms with Crippen molar-refractivity contribution in [1.29, 1.82) is 0 Å². The lowest BCUT2D eigenvalue weighted by atomic mass is 10.1. The molecule has 0 bridgehead atoms. The van der Waals surface area contributed by atoms with Gasteiger partial charge in [-0.15, -0.1) is 0 Å². The predicted octanol–water partition coefficient (Wildman–Crippen LogP) is 0.770. The average molecular weight is 370 g/mol. The molecule has 0 spiro atoms. The molecule has 8 nitrogen and oxygen atoms in total. The summed E-state index contributed by atoms with van der Waals surface area (Å²) >= 11 is 0. The summed E-state index contributed by atoms with van der Waals surface area (Å²) in [4.78, 5) is 17.9. The molecule has 2 heterocycles. The van der Waals surface area contributed by atoms with E-state index in [1.807, 2.05) is 17.2 Å². The van der Waals surface area contributed by atoms with Crippen LogP contribution in [0, 0.1) is 0 Å². The summed E-state index contributed by atoms with van der Waals surface area (Å²) in [5, 5.41) is 7.32. The number of carbonyl (C=O) groups excluding carboxylic acids is 1. The van der Waals surface area contributed by atoms with Crippen LogP contribution < -0.4 is 10.4 Å². The maximum atomic E-state index is 12.4. The third-order valence-corrected chi connectivity index (χ3v) is 6.67. The molecule has 25 heavy (non-hydrogen) atoms. The van der Waals surface area contributed by atoms with Crippen molar-refractivity contribution in [2.24, 2.45) is 0 Å². The van der Waals surface area contributed by atoms with Gasteiger partial charge < -0.3 is 4.90 Å². The van der Waals surface area contributed by atoms with Crippen molar-refractivity contribution in [3.63, 3.8) is 0 Å². The van der Waals surface area contributed by atoms with E-state index in [9.17, 15) is 13.2 Å². The van der Waals surface area contributed by atoms with Crippen molar-refractivity contribution in [2.45, 2.75) is 38.4 Å². The Morgan fingerprint density at radius 1 is 1.32 bits per heavy atom. The summed E-state index contributed by atoms with van der Waals surface area (Å²) in [6.07, 6.45) is 5.17. The maximum Gasteiger partial charge on any atom is 0.262 e. The van der Waals surface area contributed by atoms with Gasteiger partial charge in [0.1, 0.15) is 5.82 Å². The molecule has 2 N–H and O–H groups in total. The summed E-state index contributed by atoms with van der Waals surface area (Å²) in [5.74, 6) is -0.0924. The number of amides is 1. The van der Waals surface area contributed by atoms with Gasteiger partial charge in [-0.3, -0.25) is 10.0 Å². The number of hydrogen-bond acceptors (Lipinski definition) is 6. The first kappa shape index (κ1) is 19.6. The van der Waals surface area contributed by atoms with E-state index in [2.05, 4.69) is 18.0 Å². The van der Waals surface area contributed by atoms with Crippen LogP contribution in [0.15, 0.2) is 18.3 Å². The molecule has 1 unspecified atom stereocenters. The molecule has 140 valence electrons. The Bertz CT molecular complexity index is 670. The van der Waals surface area contributed by atoms with Crippen LogP contribution in [0.25, 0.3) is 0 Å². The summed E-state index contributed by atoms with van der Waals surface area (Å²) in [6, 6.07) is 4.03. The third-order valence-electron chi connectivity index (χ3n) is 4.48. The highest BCUT2D eigenvalue weighted by molar-refractivity contribution is 7.90. The molecule has 2 rings (SSSR count). The lowest BCUT2D eigenvalue weighted by molar-refractivity contribution is -0.128.